The van der Waals surface area contributed by atoms with Gasteiger partial charge in [0.15, 0.2) is 0 Å². The molecule has 0 fully saturated rings. The first kappa shape index (κ1) is 26.5. The van der Waals surface area contributed by atoms with Gasteiger partial charge in [0.25, 0.3) is 0 Å². The molecule has 0 aliphatic heterocycles. The van der Waals surface area contributed by atoms with Crippen LogP contribution in [0.1, 0.15) is 75.7 Å². The Kier molecular flexibility index (Phi) is 14.3. The Morgan fingerprint density at radius 3 is 1.80 bits per heavy atom. The van der Waals surface area contributed by atoms with Crippen LogP contribution in [0.2, 0.25) is 0 Å². The van der Waals surface area contributed by atoms with Crippen molar-refractivity contribution in [1.82, 2.24) is 9.99 Å². The molecule has 0 aromatic rings. The Labute approximate surface area is 157 Å². The lowest BCUT2D eigenvalue weighted by Crippen LogP contribution is -2.32. The van der Waals surface area contributed by atoms with Crippen LogP contribution < -0.4 is 5.32 Å². The summed E-state index contributed by atoms with van der Waals surface area (Å²) in [5.74, 6) is -0.222. The van der Waals surface area contributed by atoms with Crippen LogP contribution in [0.15, 0.2) is 0 Å². The number of carbonyl (C=O) groups excluding carboxylic acids is 1. The summed E-state index contributed by atoms with van der Waals surface area (Å²) in [5.41, 5.74) is -0.684. The highest BCUT2D eigenvalue weighted by molar-refractivity contribution is 7.36. The molecule has 0 amide bonds. The summed E-state index contributed by atoms with van der Waals surface area (Å²) >= 11 is 0. The maximum Gasteiger partial charge on any atom is 0.311 e. The SMILES string of the molecule is CC(C)N(PCC(=O)OC(C)(C)CC#N)C(C)C.CC(C)NC(C)C. The molecular weight excluding hydrogens is 333 g/mol. The summed E-state index contributed by atoms with van der Waals surface area (Å²) in [6, 6.07) is 4.12. The lowest BCUT2D eigenvalue weighted by molar-refractivity contribution is -0.152. The molecule has 0 saturated carbocycles. The summed E-state index contributed by atoms with van der Waals surface area (Å²) in [7, 11) is 0.428. The third kappa shape index (κ3) is 16.5. The van der Waals surface area contributed by atoms with Crippen LogP contribution in [0.25, 0.3) is 0 Å². The molecule has 0 aromatic heterocycles. The van der Waals surface area contributed by atoms with Gasteiger partial charge in [-0.2, -0.15) is 5.26 Å². The molecule has 25 heavy (non-hydrogen) atoms. The Morgan fingerprint density at radius 1 is 1.08 bits per heavy atom. The van der Waals surface area contributed by atoms with Crippen LogP contribution in [0.5, 0.6) is 0 Å². The Balaban J connectivity index is 0. The molecule has 0 spiro atoms. The maximum atomic E-state index is 11.7. The summed E-state index contributed by atoms with van der Waals surface area (Å²) in [6.45, 7) is 20.6. The fourth-order valence-corrected chi connectivity index (χ4v) is 3.47. The minimum Gasteiger partial charge on any atom is -0.458 e. The largest absolute Gasteiger partial charge is 0.458 e. The third-order valence-electron chi connectivity index (χ3n) is 3.08. The van der Waals surface area contributed by atoms with E-state index in [4.69, 9.17) is 10.00 Å². The number of hydrogen-bond donors (Lipinski definition) is 1. The zero-order valence-corrected chi connectivity index (χ0v) is 18.9. The van der Waals surface area contributed by atoms with Gasteiger partial charge in [-0.3, -0.25) is 9.46 Å². The molecule has 0 heterocycles. The molecule has 0 rings (SSSR count). The number of carbonyl (C=O) groups is 1. The van der Waals surface area contributed by atoms with Crippen molar-refractivity contribution in [2.45, 2.75) is 105 Å². The van der Waals surface area contributed by atoms with Crippen molar-refractivity contribution in [3.05, 3.63) is 0 Å². The van der Waals surface area contributed by atoms with Gasteiger partial charge in [0.2, 0.25) is 0 Å². The summed E-state index contributed by atoms with van der Waals surface area (Å²) in [5, 5.41) is 11.9. The van der Waals surface area contributed by atoms with E-state index < -0.39 is 5.60 Å². The molecule has 0 aliphatic carbocycles. The zero-order valence-electron chi connectivity index (χ0n) is 17.9. The van der Waals surface area contributed by atoms with E-state index in [0.717, 1.165) is 0 Å². The zero-order chi connectivity index (χ0) is 20.2. The Morgan fingerprint density at radius 2 is 1.52 bits per heavy atom. The van der Waals surface area contributed by atoms with Crippen LogP contribution in [-0.4, -0.2) is 46.6 Å². The van der Waals surface area contributed by atoms with Crippen LogP contribution in [0.4, 0.5) is 0 Å². The van der Waals surface area contributed by atoms with Gasteiger partial charge in [-0.15, -0.1) is 0 Å². The molecule has 0 bridgehead atoms. The number of ether oxygens (including phenoxy) is 1. The van der Waals surface area contributed by atoms with Crippen molar-refractivity contribution < 1.29 is 9.53 Å². The highest BCUT2D eigenvalue weighted by atomic mass is 31.1. The molecule has 0 saturated heterocycles. The Bertz CT molecular complexity index is 388. The van der Waals surface area contributed by atoms with E-state index in [0.29, 0.717) is 39.1 Å². The van der Waals surface area contributed by atoms with Gasteiger partial charge in [-0.05, 0) is 50.3 Å². The van der Waals surface area contributed by atoms with Crippen molar-refractivity contribution in [3.63, 3.8) is 0 Å². The average Bonchev–Trinajstić information content (AvgIpc) is 2.35. The van der Waals surface area contributed by atoms with E-state index in [1.54, 1.807) is 13.8 Å². The summed E-state index contributed by atoms with van der Waals surface area (Å²) in [6.07, 6.45) is 0.616. The van der Waals surface area contributed by atoms with Gasteiger partial charge in [0.1, 0.15) is 5.60 Å². The fraction of sp³-hybridized carbons (Fsp3) is 0.895. The summed E-state index contributed by atoms with van der Waals surface area (Å²) < 4.78 is 7.58. The van der Waals surface area contributed by atoms with Gasteiger partial charge in [0, 0.05) is 24.2 Å². The predicted molar refractivity (Wildman–Crippen MR) is 109 cm³/mol. The van der Waals surface area contributed by atoms with Crippen molar-refractivity contribution in [1.29, 1.82) is 5.26 Å². The second kappa shape index (κ2) is 13.5. The van der Waals surface area contributed by atoms with E-state index in [1.807, 2.05) is 6.07 Å². The molecule has 5 nitrogen and oxygen atoms in total. The van der Waals surface area contributed by atoms with Crippen LogP contribution in [-0.2, 0) is 9.53 Å². The van der Waals surface area contributed by atoms with Crippen LogP contribution >= 0.6 is 8.73 Å². The van der Waals surface area contributed by atoms with Gasteiger partial charge < -0.3 is 10.1 Å². The molecular formula is C19H40N3O2P. The van der Waals surface area contributed by atoms with Gasteiger partial charge in [-0.1, -0.05) is 27.7 Å². The number of nitrogens with zero attached hydrogens (tertiary/aromatic N) is 2. The van der Waals surface area contributed by atoms with E-state index in [-0.39, 0.29) is 12.4 Å². The van der Waals surface area contributed by atoms with E-state index in [2.05, 4.69) is 65.4 Å². The van der Waals surface area contributed by atoms with Crippen molar-refractivity contribution in [2.24, 2.45) is 0 Å². The minimum atomic E-state index is -0.684. The molecule has 0 radical (unpaired) electrons. The topological polar surface area (TPSA) is 65.4 Å². The van der Waals surface area contributed by atoms with Crippen molar-refractivity contribution in [2.75, 3.05) is 6.16 Å². The predicted octanol–water partition coefficient (Wildman–Crippen LogP) is 4.33. The fourth-order valence-electron chi connectivity index (χ4n) is 2.35. The van der Waals surface area contributed by atoms with E-state index >= 15 is 0 Å². The number of esters is 1. The van der Waals surface area contributed by atoms with Crippen LogP contribution in [0.3, 0.4) is 0 Å². The number of hydrogen-bond acceptors (Lipinski definition) is 5. The molecule has 148 valence electrons. The van der Waals surface area contributed by atoms with Crippen molar-refractivity contribution >= 4 is 14.7 Å². The molecule has 1 N–H and O–H groups in total. The summed E-state index contributed by atoms with van der Waals surface area (Å²) in [4.78, 5) is 11.7. The second-order valence-electron chi connectivity index (χ2n) is 7.97. The smallest absolute Gasteiger partial charge is 0.311 e. The average molecular weight is 374 g/mol. The van der Waals surface area contributed by atoms with E-state index in [9.17, 15) is 4.79 Å². The normalized spacial score (nSPS) is 12.2. The quantitative estimate of drug-likeness (QED) is 0.481. The van der Waals surface area contributed by atoms with Crippen molar-refractivity contribution in [3.8, 4) is 6.07 Å². The first-order valence-electron chi connectivity index (χ1n) is 9.19. The molecule has 6 heteroatoms. The second-order valence-corrected chi connectivity index (χ2v) is 9.16. The maximum absolute atomic E-state index is 11.7. The van der Waals surface area contributed by atoms with Gasteiger partial charge >= 0.3 is 5.97 Å². The highest BCUT2D eigenvalue weighted by Gasteiger charge is 2.23. The lowest BCUT2D eigenvalue weighted by Gasteiger charge is -2.30. The first-order valence-corrected chi connectivity index (χ1v) is 10.3. The standard InChI is InChI=1S/C13H25N2O2P.C6H15N/c1-10(2)15(11(3)4)18-9-12(16)17-13(5,6)7-8-14;1-5(2)7-6(3)4/h10-11,18H,7,9H2,1-6H3;5-7H,1-4H3. The van der Waals surface area contributed by atoms with E-state index in [1.165, 1.54) is 0 Å². The number of rotatable bonds is 9. The third-order valence-corrected chi connectivity index (χ3v) is 4.92. The molecule has 1 atom stereocenters. The molecule has 1 unspecified atom stereocenters. The highest BCUT2D eigenvalue weighted by Crippen LogP contribution is 2.25. The monoisotopic (exact) mass is 373 g/mol. The first-order chi connectivity index (χ1) is 11.3. The minimum absolute atomic E-state index is 0.222. The number of nitrogens with one attached hydrogen (secondary N) is 1. The van der Waals surface area contributed by atoms with Gasteiger partial charge in [0.05, 0.1) is 18.7 Å². The Hall–Kier alpha value is -0.690. The lowest BCUT2D eigenvalue weighted by atomic mass is 10.1. The molecule has 0 aliphatic rings. The van der Waals surface area contributed by atoms with Gasteiger partial charge in [-0.25, -0.2) is 0 Å². The molecule has 0 aromatic carbocycles. The van der Waals surface area contributed by atoms with Crippen LogP contribution in [0, 0.1) is 11.3 Å². The number of nitriles is 1.